The number of H-pyrrole nitrogens is 2. The zero-order valence-corrected chi connectivity index (χ0v) is 36.4. The molecule has 3 aromatic carbocycles. The van der Waals surface area contributed by atoms with Gasteiger partial charge in [0.1, 0.15) is 23.0 Å². The summed E-state index contributed by atoms with van der Waals surface area (Å²) < 4.78 is 28.1. The molecule has 0 spiro atoms. The molecule has 336 valence electrons. The lowest BCUT2D eigenvalue weighted by molar-refractivity contribution is 0.0641. The Kier molecular flexibility index (Phi) is 13.9. The van der Waals surface area contributed by atoms with Gasteiger partial charge in [-0.05, 0) is 57.3 Å². The Labute approximate surface area is 364 Å². The number of benzene rings is 3. The number of fused-ring (bicyclic) bond motifs is 3. The summed E-state index contributed by atoms with van der Waals surface area (Å²) in [6.45, 7) is 5.34. The molecular weight excluding hydrogens is 831 g/mol. The summed E-state index contributed by atoms with van der Waals surface area (Å²) in [5.41, 5.74) is 12.7. The highest BCUT2D eigenvalue weighted by Gasteiger charge is 2.36. The zero-order valence-electron chi connectivity index (χ0n) is 36.4. The van der Waals surface area contributed by atoms with Gasteiger partial charge < -0.3 is 39.5 Å². The molecule has 0 unspecified atom stereocenters. The first-order valence-electron chi connectivity index (χ1n) is 20.0. The fourth-order valence-electron chi connectivity index (χ4n) is 7.49. The van der Waals surface area contributed by atoms with Crippen LogP contribution in [0.5, 0.6) is 23.0 Å². The highest BCUT2D eigenvalue weighted by Crippen LogP contribution is 2.33. The van der Waals surface area contributed by atoms with Crippen LogP contribution in [0.25, 0.3) is 22.3 Å². The van der Waals surface area contributed by atoms with Crippen molar-refractivity contribution in [3.63, 3.8) is 0 Å². The third-order valence-electron chi connectivity index (χ3n) is 10.6. The lowest BCUT2D eigenvalue weighted by atomic mass is 10.1. The Hall–Kier alpha value is -7.78. The van der Waals surface area contributed by atoms with E-state index in [4.69, 9.17) is 24.7 Å². The van der Waals surface area contributed by atoms with E-state index < -0.39 is 22.5 Å². The smallest absolute Gasteiger partial charge is 0.330 e. The Balaban J connectivity index is 0.000000215. The van der Waals surface area contributed by atoms with Crippen LogP contribution in [0.1, 0.15) is 56.8 Å². The number of carbonyl (C=O) groups excluding carboxylic acids is 2. The standard InChI is InChI=1S/C25H23N5O6.C17H21N5O4.CH5N/c1-4-28-13-26-21-20(28)22(31)27-25(34)29(21)11-14-9-19(36-3)15(10-18(14)35-2)12-30-23(32)16-7-5-6-8-17(16)24(30)33;1-4-21-9-19-15-14(21)16(23)20-17(24)22(15)8-11-6-12(25-2)10(7-18)5-13(11)26-3;1-2/h5-10,13H,4,11-12H2,1-3H3,(H,27,31,34);5-6,9H,4,7-8,18H2,1-3H3,(H,20,23,24);2H2,1H3. The van der Waals surface area contributed by atoms with Gasteiger partial charge in [-0.2, -0.15) is 0 Å². The van der Waals surface area contributed by atoms with Crippen LogP contribution in [0.3, 0.4) is 0 Å². The van der Waals surface area contributed by atoms with Gasteiger partial charge in [-0.15, -0.1) is 0 Å². The Morgan fingerprint density at radius 3 is 1.28 bits per heavy atom. The first-order chi connectivity index (χ1) is 30.9. The van der Waals surface area contributed by atoms with Gasteiger partial charge in [-0.25, -0.2) is 19.6 Å². The van der Waals surface area contributed by atoms with Crippen molar-refractivity contribution in [3.05, 3.63) is 136 Å². The number of rotatable bonds is 13. The molecule has 0 bridgehead atoms. The maximum absolute atomic E-state index is 12.8. The predicted molar refractivity (Wildman–Crippen MR) is 237 cm³/mol. The molecule has 7 aromatic rings. The van der Waals surface area contributed by atoms with E-state index >= 15 is 0 Å². The Morgan fingerprint density at radius 2 is 0.922 bits per heavy atom. The lowest BCUT2D eigenvalue weighted by Gasteiger charge is -2.19. The largest absolute Gasteiger partial charge is 0.496 e. The minimum absolute atomic E-state index is 0.0179. The van der Waals surface area contributed by atoms with Crippen molar-refractivity contribution < 1.29 is 28.5 Å². The van der Waals surface area contributed by atoms with E-state index in [-0.39, 0.29) is 37.1 Å². The molecule has 0 aliphatic carbocycles. The number of nitrogens with two attached hydrogens (primary N) is 2. The van der Waals surface area contributed by atoms with Crippen molar-refractivity contribution in [2.75, 3.05) is 35.5 Å². The van der Waals surface area contributed by atoms with E-state index in [1.165, 1.54) is 36.7 Å². The summed E-state index contributed by atoms with van der Waals surface area (Å²) in [5.74, 6) is 1.26. The molecule has 0 fully saturated rings. The van der Waals surface area contributed by atoms with Gasteiger partial charge in [0.05, 0.1) is 71.9 Å². The molecule has 0 saturated carbocycles. The Morgan fingerprint density at radius 1 is 0.562 bits per heavy atom. The van der Waals surface area contributed by atoms with Crippen LogP contribution in [0.15, 0.2) is 80.4 Å². The number of methoxy groups -OCH3 is 4. The number of amides is 2. The number of hydrogen-bond donors (Lipinski definition) is 4. The molecule has 64 heavy (non-hydrogen) atoms. The van der Waals surface area contributed by atoms with Crippen molar-refractivity contribution >= 4 is 34.1 Å². The second kappa shape index (κ2) is 19.5. The van der Waals surface area contributed by atoms with Gasteiger partial charge >= 0.3 is 11.4 Å². The highest BCUT2D eigenvalue weighted by molar-refractivity contribution is 6.21. The number of imidazole rings is 2. The second-order valence-electron chi connectivity index (χ2n) is 14.0. The number of aryl methyl sites for hydroxylation is 2. The molecule has 0 atom stereocenters. The second-order valence-corrected chi connectivity index (χ2v) is 14.0. The monoisotopic (exact) mass is 879 g/mol. The topological polar surface area (TPSA) is 272 Å². The number of ether oxygens (including phenoxy) is 4. The van der Waals surface area contributed by atoms with Gasteiger partial charge in [0.25, 0.3) is 22.9 Å². The third-order valence-corrected chi connectivity index (χ3v) is 10.6. The van der Waals surface area contributed by atoms with Crippen LogP contribution in [0.2, 0.25) is 0 Å². The summed E-state index contributed by atoms with van der Waals surface area (Å²) in [6, 6.07) is 13.6. The quantitative estimate of drug-likeness (QED) is 0.120. The van der Waals surface area contributed by atoms with Gasteiger partial charge in [0.15, 0.2) is 22.3 Å². The van der Waals surface area contributed by atoms with Gasteiger partial charge in [0.2, 0.25) is 0 Å². The van der Waals surface area contributed by atoms with Crippen LogP contribution in [0, 0.1) is 0 Å². The molecule has 1 aliphatic heterocycles. The summed E-state index contributed by atoms with van der Waals surface area (Å²) in [7, 11) is 7.56. The maximum Gasteiger partial charge on any atom is 0.330 e. The number of nitrogens with one attached hydrogen (secondary N) is 2. The number of aromatic nitrogens is 8. The van der Waals surface area contributed by atoms with Crippen molar-refractivity contribution in [1.82, 2.24) is 43.1 Å². The van der Waals surface area contributed by atoms with E-state index in [0.29, 0.717) is 87.1 Å². The van der Waals surface area contributed by atoms with E-state index in [1.54, 1.807) is 78.2 Å². The summed E-state index contributed by atoms with van der Waals surface area (Å²) >= 11 is 0. The van der Waals surface area contributed by atoms with E-state index in [9.17, 15) is 28.8 Å². The number of hydrogen-bond acceptors (Lipinski definition) is 14. The molecule has 6 N–H and O–H groups in total. The lowest BCUT2D eigenvalue weighted by Crippen LogP contribution is -2.31. The first-order valence-corrected chi connectivity index (χ1v) is 20.0. The third kappa shape index (κ3) is 8.40. The van der Waals surface area contributed by atoms with E-state index in [0.717, 1.165) is 10.5 Å². The van der Waals surface area contributed by atoms with Crippen LogP contribution in [0.4, 0.5) is 0 Å². The average Bonchev–Trinajstić information content (AvgIpc) is 4.02. The van der Waals surface area contributed by atoms with Gasteiger partial charge in [0, 0.05) is 41.9 Å². The van der Waals surface area contributed by atoms with Crippen molar-refractivity contribution in [1.29, 1.82) is 0 Å². The SMILES string of the molecule is CCn1cnc2c1c(=O)[nH]c(=O)n2Cc1cc(OC)c(CN)cc1OC.CCn1cnc2c1c(=O)[nH]c(=O)n2Cc1cc(OC)c(CN2C(=O)c3ccccc3C2=O)cc1OC.CN. The molecule has 0 saturated heterocycles. The van der Waals surface area contributed by atoms with Gasteiger partial charge in [-0.3, -0.25) is 43.2 Å². The fourth-order valence-corrected chi connectivity index (χ4v) is 7.49. The van der Waals surface area contributed by atoms with Crippen LogP contribution >= 0.6 is 0 Å². The summed E-state index contributed by atoms with van der Waals surface area (Å²) in [4.78, 5) is 89.7. The normalized spacial score (nSPS) is 11.9. The van der Waals surface area contributed by atoms with Crippen molar-refractivity contribution in [2.45, 2.75) is 53.1 Å². The molecule has 1 aliphatic rings. The number of carbonyl (C=O) groups is 2. The molecule has 2 amide bonds. The predicted octanol–water partition coefficient (Wildman–Crippen LogP) is 1.77. The molecule has 4 aromatic heterocycles. The minimum Gasteiger partial charge on any atom is -0.496 e. The molecule has 5 heterocycles. The highest BCUT2D eigenvalue weighted by atomic mass is 16.5. The van der Waals surface area contributed by atoms with Gasteiger partial charge in [-0.1, -0.05) is 12.1 Å². The van der Waals surface area contributed by atoms with Crippen molar-refractivity contribution in [2.24, 2.45) is 11.5 Å². The Bertz CT molecular complexity index is 3090. The molecule has 8 rings (SSSR count). The molecular formula is C43H49N11O10. The van der Waals surface area contributed by atoms with Crippen molar-refractivity contribution in [3.8, 4) is 23.0 Å². The molecule has 0 radical (unpaired) electrons. The molecule has 21 nitrogen and oxygen atoms in total. The number of aromatic amines is 2. The average molecular weight is 880 g/mol. The van der Waals surface area contributed by atoms with Crippen LogP contribution in [-0.2, 0) is 39.3 Å². The van der Waals surface area contributed by atoms with E-state index in [2.05, 4.69) is 25.7 Å². The minimum atomic E-state index is -0.607. The number of nitrogens with zero attached hydrogens (tertiary/aromatic N) is 7. The first kappa shape index (κ1) is 45.7. The van der Waals surface area contributed by atoms with Crippen LogP contribution in [-0.4, -0.2) is 90.4 Å². The maximum atomic E-state index is 12.8. The van der Waals surface area contributed by atoms with E-state index in [1.807, 2.05) is 13.8 Å². The fraction of sp³-hybridized carbons (Fsp3) is 0.302. The zero-order chi connectivity index (χ0) is 46.4. The van der Waals surface area contributed by atoms with Crippen LogP contribution < -0.4 is 52.9 Å². The number of imide groups is 1. The summed E-state index contributed by atoms with van der Waals surface area (Å²) in [6.07, 6.45) is 3.06. The summed E-state index contributed by atoms with van der Waals surface area (Å²) in [5, 5.41) is 0. The molecule has 21 heteroatoms.